The molecule has 32 heavy (non-hydrogen) atoms. The van der Waals surface area contributed by atoms with Crippen LogP contribution in [0.1, 0.15) is 84.2 Å². The molecule has 8 heteroatoms. The number of esters is 1. The topological polar surface area (TPSA) is 82.1 Å². The van der Waals surface area contributed by atoms with E-state index in [-0.39, 0.29) is 12.0 Å². The number of fused-ring (bicyclic) bond motifs is 1. The van der Waals surface area contributed by atoms with E-state index >= 15 is 0 Å². The van der Waals surface area contributed by atoms with Crippen molar-refractivity contribution in [3.8, 4) is 11.5 Å². The molecular weight excluding hydrogens is 430 g/mol. The van der Waals surface area contributed by atoms with Crippen LogP contribution in [0, 0.1) is 0 Å². The van der Waals surface area contributed by atoms with Crippen molar-refractivity contribution in [1.29, 1.82) is 0 Å². The lowest BCUT2D eigenvalue weighted by molar-refractivity contribution is -0.143. The number of sulfonamides is 1. The third kappa shape index (κ3) is 7.96. The lowest BCUT2D eigenvalue weighted by atomic mass is 9.89. The second-order valence-electron chi connectivity index (χ2n) is 8.97. The summed E-state index contributed by atoms with van der Waals surface area (Å²) in [7, 11) is -3.46. The highest BCUT2D eigenvalue weighted by Crippen LogP contribution is 2.44. The van der Waals surface area contributed by atoms with E-state index < -0.39 is 15.6 Å². The summed E-state index contributed by atoms with van der Waals surface area (Å²) in [5.74, 6) is 1.22. The van der Waals surface area contributed by atoms with Crippen LogP contribution in [0.2, 0.25) is 0 Å². The van der Waals surface area contributed by atoms with Gasteiger partial charge in [-0.2, -0.15) is 4.31 Å². The SMILES string of the molecule is CCCCOc1ccc2c(c1)C(N(CCCCCC(=O)OCC)S(C)(=O)=O)CC(C)(C)O2. The Balaban J connectivity index is 2.18. The summed E-state index contributed by atoms with van der Waals surface area (Å²) in [5, 5.41) is 0. The van der Waals surface area contributed by atoms with Gasteiger partial charge in [0.25, 0.3) is 0 Å². The van der Waals surface area contributed by atoms with Crippen LogP contribution in [0.5, 0.6) is 11.5 Å². The van der Waals surface area contributed by atoms with Gasteiger partial charge in [-0.3, -0.25) is 4.79 Å². The molecule has 0 radical (unpaired) electrons. The van der Waals surface area contributed by atoms with Crippen LogP contribution in [0.4, 0.5) is 0 Å². The highest BCUT2D eigenvalue weighted by Gasteiger charge is 2.40. The van der Waals surface area contributed by atoms with Crippen molar-refractivity contribution in [3.05, 3.63) is 23.8 Å². The van der Waals surface area contributed by atoms with Gasteiger partial charge in [-0.05, 0) is 58.2 Å². The summed E-state index contributed by atoms with van der Waals surface area (Å²) in [6, 6.07) is 5.35. The van der Waals surface area contributed by atoms with E-state index in [9.17, 15) is 13.2 Å². The van der Waals surface area contributed by atoms with E-state index in [1.54, 1.807) is 11.2 Å². The summed E-state index contributed by atoms with van der Waals surface area (Å²) < 4.78 is 44.1. The largest absolute Gasteiger partial charge is 0.494 e. The van der Waals surface area contributed by atoms with Gasteiger partial charge < -0.3 is 14.2 Å². The first-order valence-electron chi connectivity index (χ1n) is 11.7. The molecular formula is C24H39NO6S. The molecule has 0 N–H and O–H groups in total. The Morgan fingerprint density at radius 3 is 2.59 bits per heavy atom. The predicted octanol–water partition coefficient (Wildman–Crippen LogP) is 4.85. The molecule has 0 fully saturated rings. The van der Waals surface area contributed by atoms with E-state index in [0.717, 1.165) is 30.6 Å². The second kappa shape index (κ2) is 11.9. The molecule has 0 saturated carbocycles. The van der Waals surface area contributed by atoms with Crippen molar-refractivity contribution in [2.24, 2.45) is 0 Å². The van der Waals surface area contributed by atoms with Crippen LogP contribution in [-0.2, 0) is 19.6 Å². The van der Waals surface area contributed by atoms with Crippen molar-refractivity contribution in [3.63, 3.8) is 0 Å². The van der Waals surface area contributed by atoms with Gasteiger partial charge >= 0.3 is 5.97 Å². The minimum Gasteiger partial charge on any atom is -0.494 e. The molecule has 0 aromatic heterocycles. The molecule has 0 amide bonds. The quantitative estimate of drug-likeness (QED) is 0.303. The fourth-order valence-corrected chi connectivity index (χ4v) is 5.09. The van der Waals surface area contributed by atoms with Gasteiger partial charge in [0, 0.05) is 24.9 Å². The van der Waals surface area contributed by atoms with Gasteiger partial charge in [-0.25, -0.2) is 8.42 Å². The van der Waals surface area contributed by atoms with Gasteiger partial charge in [-0.15, -0.1) is 0 Å². The average Bonchev–Trinajstić information content (AvgIpc) is 2.69. The molecule has 1 aromatic rings. The third-order valence-corrected chi connectivity index (χ3v) is 6.81. The number of hydrogen-bond acceptors (Lipinski definition) is 6. The monoisotopic (exact) mass is 469 g/mol. The summed E-state index contributed by atoms with van der Waals surface area (Å²) >= 11 is 0. The summed E-state index contributed by atoms with van der Waals surface area (Å²) in [6.45, 7) is 9.26. The van der Waals surface area contributed by atoms with Crippen LogP contribution in [0.15, 0.2) is 18.2 Å². The third-order valence-electron chi connectivity index (χ3n) is 5.52. The minimum absolute atomic E-state index is 0.205. The first-order chi connectivity index (χ1) is 15.1. The smallest absolute Gasteiger partial charge is 0.305 e. The lowest BCUT2D eigenvalue weighted by Crippen LogP contribution is -2.43. The molecule has 0 saturated heterocycles. The molecule has 0 spiro atoms. The number of rotatable bonds is 13. The van der Waals surface area contributed by atoms with Crippen LogP contribution in [0.3, 0.4) is 0 Å². The Labute approximate surface area is 193 Å². The maximum atomic E-state index is 12.8. The molecule has 0 aliphatic carbocycles. The molecule has 7 nitrogen and oxygen atoms in total. The van der Waals surface area contributed by atoms with Crippen molar-refractivity contribution in [2.75, 3.05) is 26.0 Å². The highest BCUT2D eigenvalue weighted by atomic mass is 32.2. The molecule has 1 unspecified atom stereocenters. The number of unbranched alkanes of at least 4 members (excludes halogenated alkanes) is 3. The Morgan fingerprint density at radius 2 is 1.94 bits per heavy atom. The average molecular weight is 470 g/mol. The van der Waals surface area contributed by atoms with Gasteiger partial charge in [-0.1, -0.05) is 19.8 Å². The highest BCUT2D eigenvalue weighted by molar-refractivity contribution is 7.88. The van der Waals surface area contributed by atoms with Crippen LogP contribution in [-0.4, -0.2) is 50.3 Å². The van der Waals surface area contributed by atoms with Gasteiger partial charge in [0.15, 0.2) is 0 Å². The Hall–Kier alpha value is -1.80. The van der Waals surface area contributed by atoms with Crippen molar-refractivity contribution in [1.82, 2.24) is 4.31 Å². The van der Waals surface area contributed by atoms with E-state index in [2.05, 4.69) is 6.92 Å². The van der Waals surface area contributed by atoms with Crippen LogP contribution >= 0.6 is 0 Å². The molecule has 1 aliphatic rings. The van der Waals surface area contributed by atoms with Gasteiger partial charge in [0.2, 0.25) is 10.0 Å². The van der Waals surface area contributed by atoms with E-state index in [1.165, 1.54) is 6.26 Å². The maximum absolute atomic E-state index is 12.8. The van der Waals surface area contributed by atoms with Gasteiger partial charge in [0.05, 0.1) is 25.5 Å². The number of carbonyl (C=O) groups is 1. The first-order valence-corrected chi connectivity index (χ1v) is 13.5. The van der Waals surface area contributed by atoms with Crippen molar-refractivity contribution >= 4 is 16.0 Å². The number of nitrogens with zero attached hydrogens (tertiary/aromatic N) is 1. The molecule has 1 aromatic carbocycles. The fraction of sp³-hybridized carbons (Fsp3) is 0.708. The zero-order chi connectivity index (χ0) is 23.8. The number of hydrogen-bond donors (Lipinski definition) is 0. The molecule has 1 atom stereocenters. The first kappa shape index (κ1) is 26.5. The minimum atomic E-state index is -3.46. The second-order valence-corrected chi connectivity index (χ2v) is 10.9. The van der Waals surface area contributed by atoms with Crippen LogP contribution < -0.4 is 9.47 Å². The van der Waals surface area contributed by atoms with E-state index in [1.807, 2.05) is 32.0 Å². The summed E-state index contributed by atoms with van der Waals surface area (Å²) in [6.07, 6.45) is 6.29. The van der Waals surface area contributed by atoms with Crippen molar-refractivity contribution < 1.29 is 27.4 Å². The molecule has 0 bridgehead atoms. The zero-order valence-corrected chi connectivity index (χ0v) is 21.0. The summed E-state index contributed by atoms with van der Waals surface area (Å²) in [5.41, 5.74) is 0.352. The van der Waals surface area contributed by atoms with Crippen LogP contribution in [0.25, 0.3) is 0 Å². The summed E-state index contributed by atoms with van der Waals surface area (Å²) in [4.78, 5) is 11.5. The number of carbonyl (C=O) groups excluding carboxylic acids is 1. The molecule has 2 rings (SSSR count). The molecule has 182 valence electrons. The fourth-order valence-electron chi connectivity index (χ4n) is 3.98. The maximum Gasteiger partial charge on any atom is 0.305 e. The van der Waals surface area contributed by atoms with E-state index in [4.69, 9.17) is 14.2 Å². The number of benzene rings is 1. The Bertz CT molecular complexity index is 852. The standard InChI is InChI=1S/C24H39NO6S/c1-6-8-16-30-19-13-14-22-20(17-19)21(18-24(3,4)31-22)25(32(5,27)28)15-11-9-10-12-23(26)29-7-2/h13-14,17,21H,6-12,15-16,18H2,1-5H3. The molecule has 1 aliphatic heterocycles. The molecule has 1 heterocycles. The zero-order valence-electron chi connectivity index (χ0n) is 20.2. The normalized spacial score (nSPS) is 17.5. The van der Waals surface area contributed by atoms with Crippen molar-refractivity contribution in [2.45, 2.75) is 84.3 Å². The van der Waals surface area contributed by atoms with Gasteiger partial charge in [0.1, 0.15) is 17.1 Å². The van der Waals surface area contributed by atoms with E-state index in [0.29, 0.717) is 51.2 Å². The Morgan fingerprint density at radius 1 is 1.19 bits per heavy atom. The lowest BCUT2D eigenvalue weighted by Gasteiger charge is -2.41. The predicted molar refractivity (Wildman–Crippen MR) is 126 cm³/mol. The Kier molecular flexibility index (Phi) is 9.83. The number of ether oxygens (including phenoxy) is 3.